The average molecular weight is 236 g/mol. The van der Waals surface area contributed by atoms with Gasteiger partial charge in [0.2, 0.25) is 0 Å². The number of aryl methyl sites for hydroxylation is 1. The summed E-state index contributed by atoms with van der Waals surface area (Å²) in [6.07, 6.45) is 5.24. The number of hydrogen-bond donors (Lipinski definition) is 1. The van der Waals surface area contributed by atoms with E-state index in [0.29, 0.717) is 12.1 Å². The standard InChI is InChI=1S/C12H20N4O/c1-9-14-12(17-15-9)16(7-10-4-5-10)8-11-3-2-6-13-11/h10-11,13H,2-8H2,1H3. The van der Waals surface area contributed by atoms with Crippen molar-refractivity contribution in [1.82, 2.24) is 15.5 Å². The molecule has 1 aromatic rings. The molecule has 2 heterocycles. The van der Waals surface area contributed by atoms with E-state index in [9.17, 15) is 0 Å². The lowest BCUT2D eigenvalue weighted by Gasteiger charge is -2.23. The van der Waals surface area contributed by atoms with E-state index in [2.05, 4.69) is 20.4 Å². The van der Waals surface area contributed by atoms with E-state index in [4.69, 9.17) is 4.52 Å². The van der Waals surface area contributed by atoms with Crippen molar-refractivity contribution in [3.63, 3.8) is 0 Å². The van der Waals surface area contributed by atoms with Crippen molar-refractivity contribution in [2.75, 3.05) is 24.5 Å². The number of rotatable bonds is 5. The summed E-state index contributed by atoms with van der Waals surface area (Å²) in [6.45, 7) is 5.08. The van der Waals surface area contributed by atoms with Crippen molar-refractivity contribution < 1.29 is 4.52 Å². The zero-order valence-electron chi connectivity index (χ0n) is 10.4. The first-order chi connectivity index (χ1) is 8.31. The maximum atomic E-state index is 5.30. The first kappa shape index (κ1) is 11.0. The van der Waals surface area contributed by atoms with E-state index in [1.54, 1.807) is 0 Å². The predicted molar refractivity (Wildman–Crippen MR) is 65.0 cm³/mol. The summed E-state index contributed by atoms with van der Waals surface area (Å²) in [6, 6.07) is 1.28. The molecule has 1 N–H and O–H groups in total. The highest BCUT2D eigenvalue weighted by Gasteiger charge is 2.28. The molecule has 1 aliphatic heterocycles. The van der Waals surface area contributed by atoms with Gasteiger partial charge in [-0.05, 0) is 45.1 Å². The van der Waals surface area contributed by atoms with Crippen molar-refractivity contribution in [2.24, 2.45) is 5.92 Å². The summed E-state index contributed by atoms with van der Waals surface area (Å²) < 4.78 is 5.30. The molecule has 0 spiro atoms. The summed E-state index contributed by atoms with van der Waals surface area (Å²) in [7, 11) is 0. The van der Waals surface area contributed by atoms with Crippen molar-refractivity contribution >= 4 is 6.01 Å². The van der Waals surface area contributed by atoms with Crippen LogP contribution < -0.4 is 10.2 Å². The van der Waals surface area contributed by atoms with Crippen molar-refractivity contribution in [1.29, 1.82) is 0 Å². The highest BCUT2D eigenvalue weighted by Crippen LogP contribution is 2.31. The van der Waals surface area contributed by atoms with E-state index in [1.807, 2.05) is 6.92 Å². The quantitative estimate of drug-likeness (QED) is 0.836. The molecule has 0 amide bonds. The van der Waals surface area contributed by atoms with Crippen LogP contribution in [0.25, 0.3) is 0 Å². The summed E-state index contributed by atoms with van der Waals surface area (Å²) in [4.78, 5) is 6.62. The van der Waals surface area contributed by atoms with Gasteiger partial charge < -0.3 is 14.7 Å². The molecular weight excluding hydrogens is 216 g/mol. The van der Waals surface area contributed by atoms with Crippen LogP contribution in [0, 0.1) is 12.8 Å². The van der Waals surface area contributed by atoms with Gasteiger partial charge in [-0.25, -0.2) is 0 Å². The van der Waals surface area contributed by atoms with Gasteiger partial charge >= 0.3 is 6.01 Å². The van der Waals surface area contributed by atoms with Crippen molar-refractivity contribution in [2.45, 2.75) is 38.6 Å². The fourth-order valence-corrected chi connectivity index (χ4v) is 2.44. The third-order valence-electron chi connectivity index (χ3n) is 3.57. The average Bonchev–Trinajstić information content (AvgIpc) is 2.79. The second-order valence-electron chi connectivity index (χ2n) is 5.27. The van der Waals surface area contributed by atoms with Gasteiger partial charge in [-0.1, -0.05) is 5.16 Å². The highest BCUT2D eigenvalue weighted by atomic mass is 16.5. The van der Waals surface area contributed by atoms with E-state index < -0.39 is 0 Å². The molecule has 17 heavy (non-hydrogen) atoms. The summed E-state index contributed by atoms with van der Waals surface area (Å²) >= 11 is 0. The Labute approximate surface area is 102 Å². The Bertz CT molecular complexity index is 368. The second-order valence-corrected chi connectivity index (χ2v) is 5.27. The molecule has 5 heteroatoms. The lowest BCUT2D eigenvalue weighted by atomic mass is 10.2. The molecule has 1 aliphatic carbocycles. The Balaban J connectivity index is 1.66. The van der Waals surface area contributed by atoms with Gasteiger partial charge in [0, 0.05) is 19.1 Å². The molecule has 5 nitrogen and oxygen atoms in total. The van der Waals surface area contributed by atoms with Crippen LogP contribution in [0.15, 0.2) is 4.52 Å². The molecule has 2 aliphatic rings. The van der Waals surface area contributed by atoms with Crippen LogP contribution in [0.2, 0.25) is 0 Å². The summed E-state index contributed by atoms with van der Waals surface area (Å²) in [5.41, 5.74) is 0. The Morgan fingerprint density at radius 1 is 1.35 bits per heavy atom. The SMILES string of the molecule is Cc1noc(N(CC2CC2)CC2CCCN2)n1. The zero-order chi connectivity index (χ0) is 11.7. The minimum absolute atomic E-state index is 0.584. The third kappa shape index (κ3) is 2.77. The smallest absolute Gasteiger partial charge is 0.323 e. The maximum Gasteiger partial charge on any atom is 0.324 e. The minimum atomic E-state index is 0.584. The molecule has 0 bridgehead atoms. The number of aromatic nitrogens is 2. The van der Waals surface area contributed by atoms with E-state index in [0.717, 1.165) is 31.4 Å². The van der Waals surface area contributed by atoms with E-state index in [-0.39, 0.29) is 0 Å². The van der Waals surface area contributed by atoms with Crippen LogP contribution in [0.1, 0.15) is 31.5 Å². The minimum Gasteiger partial charge on any atom is -0.323 e. The van der Waals surface area contributed by atoms with Crippen LogP contribution in [0.5, 0.6) is 0 Å². The van der Waals surface area contributed by atoms with E-state index in [1.165, 1.54) is 25.7 Å². The molecule has 1 atom stereocenters. The van der Waals surface area contributed by atoms with Gasteiger partial charge in [0.25, 0.3) is 0 Å². The lowest BCUT2D eigenvalue weighted by molar-refractivity contribution is 0.400. The van der Waals surface area contributed by atoms with Crippen molar-refractivity contribution in [3.05, 3.63) is 5.82 Å². The molecule has 1 saturated carbocycles. The first-order valence-corrected chi connectivity index (χ1v) is 6.60. The zero-order valence-corrected chi connectivity index (χ0v) is 10.4. The molecular formula is C12H20N4O. The molecule has 1 saturated heterocycles. The van der Waals surface area contributed by atoms with Crippen LogP contribution in [-0.2, 0) is 0 Å². The number of anilines is 1. The van der Waals surface area contributed by atoms with Crippen LogP contribution in [0.4, 0.5) is 6.01 Å². The monoisotopic (exact) mass is 236 g/mol. The molecule has 1 unspecified atom stereocenters. The number of nitrogens with one attached hydrogen (secondary N) is 1. The fourth-order valence-electron chi connectivity index (χ4n) is 2.44. The third-order valence-corrected chi connectivity index (χ3v) is 3.57. The molecule has 3 rings (SSSR count). The maximum absolute atomic E-state index is 5.30. The number of hydrogen-bond acceptors (Lipinski definition) is 5. The molecule has 94 valence electrons. The topological polar surface area (TPSA) is 54.2 Å². The summed E-state index contributed by atoms with van der Waals surface area (Å²) in [5.74, 6) is 1.56. The van der Waals surface area contributed by atoms with Gasteiger partial charge in [0.15, 0.2) is 5.82 Å². The van der Waals surface area contributed by atoms with Gasteiger partial charge in [0.05, 0.1) is 0 Å². The van der Waals surface area contributed by atoms with Gasteiger partial charge in [0.1, 0.15) is 0 Å². The second kappa shape index (κ2) is 4.64. The van der Waals surface area contributed by atoms with Crippen LogP contribution in [-0.4, -0.2) is 35.8 Å². The van der Waals surface area contributed by atoms with Crippen molar-refractivity contribution in [3.8, 4) is 0 Å². The first-order valence-electron chi connectivity index (χ1n) is 6.60. The molecule has 1 aromatic heterocycles. The molecule has 2 fully saturated rings. The predicted octanol–water partition coefficient (Wildman–Crippen LogP) is 1.35. The molecule has 0 aromatic carbocycles. The lowest BCUT2D eigenvalue weighted by Crippen LogP contribution is -2.39. The highest BCUT2D eigenvalue weighted by molar-refractivity contribution is 5.26. The number of nitrogens with zero attached hydrogens (tertiary/aromatic N) is 3. The molecule has 0 radical (unpaired) electrons. The van der Waals surface area contributed by atoms with Crippen LogP contribution >= 0.6 is 0 Å². The van der Waals surface area contributed by atoms with E-state index >= 15 is 0 Å². The normalized spacial score (nSPS) is 24.2. The summed E-state index contributed by atoms with van der Waals surface area (Å²) in [5, 5.41) is 7.42. The Kier molecular flexibility index (Phi) is 3.01. The van der Waals surface area contributed by atoms with Crippen LogP contribution in [0.3, 0.4) is 0 Å². The van der Waals surface area contributed by atoms with Gasteiger partial charge in [-0.2, -0.15) is 4.98 Å². The largest absolute Gasteiger partial charge is 0.324 e. The Morgan fingerprint density at radius 3 is 2.82 bits per heavy atom. The van der Waals surface area contributed by atoms with Gasteiger partial charge in [-0.3, -0.25) is 0 Å². The Morgan fingerprint density at radius 2 is 2.24 bits per heavy atom. The van der Waals surface area contributed by atoms with Gasteiger partial charge in [-0.15, -0.1) is 0 Å². The Hall–Kier alpha value is -1.10. The fraction of sp³-hybridized carbons (Fsp3) is 0.833.